The molecule has 0 amide bonds. The standard InChI is InChI=1S/C14H11BrFN3/c1-9-3-2-6-18-12(9)8-19-11-5-4-10(7-17)13(15)14(11)16/h2-6,19H,8H2,1H3. The Labute approximate surface area is 119 Å². The van der Waals surface area contributed by atoms with Crippen molar-refractivity contribution in [1.29, 1.82) is 5.26 Å². The molecule has 0 bridgehead atoms. The third-order valence-electron chi connectivity index (χ3n) is 2.77. The normalized spacial score (nSPS) is 10.0. The summed E-state index contributed by atoms with van der Waals surface area (Å²) in [6.45, 7) is 2.39. The van der Waals surface area contributed by atoms with E-state index < -0.39 is 5.82 Å². The molecular formula is C14H11BrFN3. The molecule has 2 rings (SSSR count). The minimum Gasteiger partial charge on any atom is -0.377 e. The number of nitrogens with zero attached hydrogens (tertiary/aromatic N) is 2. The summed E-state index contributed by atoms with van der Waals surface area (Å²) in [5.41, 5.74) is 2.53. The van der Waals surface area contributed by atoms with Gasteiger partial charge in [0.15, 0.2) is 5.82 Å². The van der Waals surface area contributed by atoms with Crippen LogP contribution in [-0.2, 0) is 6.54 Å². The van der Waals surface area contributed by atoms with Crippen molar-refractivity contribution in [3.8, 4) is 6.07 Å². The van der Waals surface area contributed by atoms with Gasteiger partial charge in [-0.05, 0) is 46.6 Å². The molecule has 0 saturated heterocycles. The summed E-state index contributed by atoms with van der Waals surface area (Å²) in [4.78, 5) is 4.23. The number of aromatic nitrogens is 1. The minimum atomic E-state index is -0.465. The van der Waals surface area contributed by atoms with Gasteiger partial charge in [0.25, 0.3) is 0 Å². The number of anilines is 1. The van der Waals surface area contributed by atoms with Crippen LogP contribution in [0.5, 0.6) is 0 Å². The van der Waals surface area contributed by atoms with Gasteiger partial charge in [-0.1, -0.05) is 6.07 Å². The predicted octanol–water partition coefficient (Wildman–Crippen LogP) is 3.78. The Bertz CT molecular complexity index is 650. The second-order valence-corrected chi connectivity index (χ2v) is 4.81. The Morgan fingerprint density at radius 1 is 1.42 bits per heavy atom. The largest absolute Gasteiger partial charge is 0.377 e. The van der Waals surface area contributed by atoms with Crippen molar-refractivity contribution in [2.45, 2.75) is 13.5 Å². The molecule has 0 fully saturated rings. The van der Waals surface area contributed by atoms with Gasteiger partial charge < -0.3 is 5.32 Å². The zero-order valence-corrected chi connectivity index (χ0v) is 11.8. The van der Waals surface area contributed by atoms with E-state index >= 15 is 0 Å². The van der Waals surface area contributed by atoms with Crippen LogP contribution < -0.4 is 5.32 Å². The summed E-state index contributed by atoms with van der Waals surface area (Å²) < 4.78 is 14.2. The average Bonchev–Trinajstić information content (AvgIpc) is 2.42. The molecule has 3 nitrogen and oxygen atoms in total. The summed E-state index contributed by atoms with van der Waals surface area (Å²) in [7, 11) is 0. The molecule has 5 heteroatoms. The van der Waals surface area contributed by atoms with E-state index in [1.54, 1.807) is 18.3 Å². The van der Waals surface area contributed by atoms with E-state index in [9.17, 15) is 4.39 Å². The number of pyridine rings is 1. The van der Waals surface area contributed by atoms with Crippen LogP contribution in [-0.4, -0.2) is 4.98 Å². The van der Waals surface area contributed by atoms with Crippen LogP contribution in [0.25, 0.3) is 0 Å². The van der Waals surface area contributed by atoms with Gasteiger partial charge in [0.05, 0.1) is 28.0 Å². The first-order chi connectivity index (χ1) is 9.13. The molecule has 0 atom stereocenters. The summed E-state index contributed by atoms with van der Waals surface area (Å²) in [5, 5.41) is 11.8. The molecule has 0 aliphatic rings. The van der Waals surface area contributed by atoms with Gasteiger partial charge in [-0.15, -0.1) is 0 Å². The monoisotopic (exact) mass is 319 g/mol. The second kappa shape index (κ2) is 5.81. The minimum absolute atomic E-state index is 0.178. The molecular weight excluding hydrogens is 309 g/mol. The number of nitriles is 1. The maximum Gasteiger partial charge on any atom is 0.161 e. The Hall–Kier alpha value is -1.93. The van der Waals surface area contributed by atoms with Crippen LogP contribution in [0.1, 0.15) is 16.8 Å². The van der Waals surface area contributed by atoms with Crippen LogP contribution in [0.2, 0.25) is 0 Å². The van der Waals surface area contributed by atoms with Gasteiger partial charge in [0, 0.05) is 6.20 Å². The SMILES string of the molecule is Cc1cccnc1CNc1ccc(C#N)c(Br)c1F. The zero-order chi connectivity index (χ0) is 13.8. The van der Waals surface area contributed by atoms with Crippen LogP contribution in [0.3, 0.4) is 0 Å². The number of hydrogen-bond acceptors (Lipinski definition) is 3. The van der Waals surface area contributed by atoms with Gasteiger partial charge in [0.1, 0.15) is 6.07 Å². The molecule has 0 aliphatic heterocycles. The van der Waals surface area contributed by atoms with Gasteiger partial charge in [-0.25, -0.2) is 4.39 Å². The molecule has 0 saturated carbocycles. The predicted molar refractivity (Wildman–Crippen MR) is 75.1 cm³/mol. The average molecular weight is 320 g/mol. The fourth-order valence-electron chi connectivity index (χ4n) is 1.65. The maximum absolute atomic E-state index is 14.0. The van der Waals surface area contributed by atoms with Crippen LogP contribution in [0.15, 0.2) is 34.9 Å². The molecule has 1 N–H and O–H groups in total. The molecule has 0 radical (unpaired) electrons. The Morgan fingerprint density at radius 3 is 2.89 bits per heavy atom. The van der Waals surface area contributed by atoms with Crippen molar-refractivity contribution < 1.29 is 4.39 Å². The Kier molecular flexibility index (Phi) is 4.13. The summed E-state index contributed by atoms with van der Waals surface area (Å²) in [6.07, 6.45) is 1.70. The highest BCUT2D eigenvalue weighted by atomic mass is 79.9. The van der Waals surface area contributed by atoms with Crippen molar-refractivity contribution in [2.24, 2.45) is 0 Å². The van der Waals surface area contributed by atoms with E-state index in [2.05, 4.69) is 26.2 Å². The van der Waals surface area contributed by atoms with Crippen LogP contribution in [0.4, 0.5) is 10.1 Å². The molecule has 1 aromatic carbocycles. The molecule has 0 unspecified atom stereocenters. The Balaban J connectivity index is 2.20. The van der Waals surface area contributed by atoms with Crippen LogP contribution >= 0.6 is 15.9 Å². The number of benzene rings is 1. The molecule has 1 aromatic heterocycles. The molecule has 96 valence electrons. The number of hydrogen-bond donors (Lipinski definition) is 1. The van der Waals surface area contributed by atoms with Gasteiger partial charge in [-0.2, -0.15) is 5.26 Å². The molecule has 0 spiro atoms. The third kappa shape index (κ3) is 2.91. The summed E-state index contributed by atoms with van der Waals surface area (Å²) in [6, 6.07) is 8.85. The molecule has 19 heavy (non-hydrogen) atoms. The van der Waals surface area contributed by atoms with E-state index in [0.29, 0.717) is 12.2 Å². The zero-order valence-electron chi connectivity index (χ0n) is 10.2. The highest BCUT2D eigenvalue weighted by molar-refractivity contribution is 9.10. The lowest BCUT2D eigenvalue weighted by molar-refractivity contribution is 0.622. The molecule has 1 heterocycles. The topological polar surface area (TPSA) is 48.7 Å². The summed E-state index contributed by atoms with van der Waals surface area (Å²) in [5.74, 6) is -0.465. The van der Waals surface area contributed by atoms with Crippen molar-refractivity contribution in [3.05, 3.63) is 57.6 Å². The smallest absolute Gasteiger partial charge is 0.161 e. The third-order valence-corrected chi connectivity index (χ3v) is 3.54. The highest BCUT2D eigenvalue weighted by Crippen LogP contribution is 2.26. The lowest BCUT2D eigenvalue weighted by atomic mass is 10.2. The number of halogens is 2. The first-order valence-electron chi connectivity index (χ1n) is 5.66. The number of aryl methyl sites for hydroxylation is 1. The van der Waals surface area contributed by atoms with Crippen molar-refractivity contribution in [2.75, 3.05) is 5.32 Å². The number of rotatable bonds is 3. The first-order valence-corrected chi connectivity index (χ1v) is 6.45. The van der Waals surface area contributed by atoms with E-state index in [0.717, 1.165) is 11.3 Å². The second-order valence-electron chi connectivity index (χ2n) is 4.02. The Morgan fingerprint density at radius 2 is 2.21 bits per heavy atom. The van der Waals surface area contributed by atoms with E-state index in [1.165, 1.54) is 0 Å². The first kappa shape index (κ1) is 13.5. The molecule has 2 aromatic rings. The highest BCUT2D eigenvalue weighted by Gasteiger charge is 2.11. The quantitative estimate of drug-likeness (QED) is 0.936. The lowest BCUT2D eigenvalue weighted by Gasteiger charge is -2.10. The summed E-state index contributed by atoms with van der Waals surface area (Å²) >= 11 is 3.08. The van der Waals surface area contributed by atoms with E-state index in [-0.39, 0.29) is 10.0 Å². The van der Waals surface area contributed by atoms with E-state index in [1.807, 2.05) is 25.1 Å². The lowest BCUT2D eigenvalue weighted by Crippen LogP contribution is -2.05. The van der Waals surface area contributed by atoms with Crippen molar-refractivity contribution in [3.63, 3.8) is 0 Å². The fourth-order valence-corrected chi connectivity index (χ4v) is 2.09. The fraction of sp³-hybridized carbons (Fsp3) is 0.143. The number of nitrogens with one attached hydrogen (secondary N) is 1. The molecule has 0 aliphatic carbocycles. The van der Waals surface area contributed by atoms with Crippen molar-refractivity contribution in [1.82, 2.24) is 4.98 Å². The van der Waals surface area contributed by atoms with Gasteiger partial charge in [-0.3, -0.25) is 4.98 Å². The van der Waals surface area contributed by atoms with Crippen molar-refractivity contribution >= 4 is 21.6 Å². The van der Waals surface area contributed by atoms with Gasteiger partial charge >= 0.3 is 0 Å². The van der Waals surface area contributed by atoms with Gasteiger partial charge in [0.2, 0.25) is 0 Å². The maximum atomic E-state index is 14.0. The van der Waals surface area contributed by atoms with E-state index in [4.69, 9.17) is 5.26 Å². The van der Waals surface area contributed by atoms with Crippen LogP contribution in [0, 0.1) is 24.1 Å².